The third kappa shape index (κ3) is 0.690. The Hall–Kier alpha value is -0.580. The van der Waals surface area contributed by atoms with Crippen molar-refractivity contribution in [3.05, 3.63) is 0 Å². The summed E-state index contributed by atoms with van der Waals surface area (Å²) in [6.45, 7) is 0.188. The number of cyclic esters (lactones) is 1. The van der Waals surface area contributed by atoms with Crippen LogP contribution in [-0.2, 0) is 14.3 Å². The highest BCUT2D eigenvalue weighted by Gasteiger charge is 2.75. The van der Waals surface area contributed by atoms with Crippen LogP contribution < -0.4 is 0 Å². The van der Waals surface area contributed by atoms with Crippen molar-refractivity contribution in [2.75, 3.05) is 6.61 Å². The Morgan fingerprint density at radius 3 is 2.73 bits per heavy atom. The molecule has 60 valence electrons. The van der Waals surface area contributed by atoms with E-state index in [2.05, 4.69) is 20.7 Å². The van der Waals surface area contributed by atoms with Gasteiger partial charge in [0.25, 0.3) is 0 Å². The fraction of sp³-hybridized carbons (Fsp3) is 0.667. The van der Waals surface area contributed by atoms with Gasteiger partial charge in [-0.3, -0.25) is 9.59 Å². The number of carboxylic acids is 1. The molecule has 0 amide bonds. The van der Waals surface area contributed by atoms with Gasteiger partial charge >= 0.3 is 11.9 Å². The van der Waals surface area contributed by atoms with Crippen LogP contribution in [0.3, 0.4) is 0 Å². The summed E-state index contributed by atoms with van der Waals surface area (Å²) in [5, 5.41) is 8.60. The van der Waals surface area contributed by atoms with Crippen molar-refractivity contribution in [3.8, 4) is 0 Å². The monoisotopic (exact) mass is 220 g/mol. The average molecular weight is 221 g/mol. The van der Waals surface area contributed by atoms with Crippen LogP contribution in [0, 0.1) is 11.8 Å². The summed E-state index contributed by atoms with van der Waals surface area (Å²) < 4.78 is 4.06. The zero-order chi connectivity index (χ0) is 8.22. The highest BCUT2D eigenvalue weighted by molar-refractivity contribution is 9.10. The Morgan fingerprint density at radius 1 is 1.82 bits per heavy atom. The summed E-state index contributed by atoms with van der Waals surface area (Å²) in [6, 6.07) is 0. The van der Waals surface area contributed by atoms with E-state index < -0.39 is 28.1 Å². The summed E-state index contributed by atoms with van der Waals surface area (Å²) in [6.07, 6.45) is 0. The predicted molar refractivity (Wildman–Crippen MR) is 37.2 cm³/mol. The van der Waals surface area contributed by atoms with Gasteiger partial charge in [0, 0.05) is 0 Å². The van der Waals surface area contributed by atoms with E-state index in [-0.39, 0.29) is 6.61 Å². The second-order valence-corrected chi connectivity index (χ2v) is 4.30. The second-order valence-electron chi connectivity index (χ2n) is 2.83. The maximum absolute atomic E-state index is 10.8. The Balaban J connectivity index is 2.24. The molecule has 1 aliphatic heterocycles. The number of carbonyl (C=O) groups excluding carboxylic acids is 1. The number of fused-ring (bicyclic) bond motifs is 1. The second kappa shape index (κ2) is 1.77. The number of esters is 1. The molecule has 0 unspecified atom stereocenters. The summed E-state index contributed by atoms with van der Waals surface area (Å²) >= 11 is 3.20. The number of ether oxygens (including phenoxy) is 1. The first-order chi connectivity index (χ1) is 5.07. The maximum Gasteiger partial charge on any atom is 0.311 e. The number of hydrogen-bond acceptors (Lipinski definition) is 3. The predicted octanol–water partition coefficient (Wildman–Crippen LogP) is 0.00750. The van der Waals surface area contributed by atoms with E-state index in [1.54, 1.807) is 0 Å². The van der Waals surface area contributed by atoms with E-state index in [1.165, 1.54) is 0 Å². The van der Waals surface area contributed by atoms with Crippen LogP contribution in [-0.4, -0.2) is 28.0 Å². The summed E-state index contributed by atoms with van der Waals surface area (Å²) in [5.41, 5.74) is 0. The topological polar surface area (TPSA) is 63.6 Å². The molecule has 1 N–H and O–H groups in total. The van der Waals surface area contributed by atoms with Gasteiger partial charge in [-0.05, 0) is 0 Å². The van der Waals surface area contributed by atoms with Crippen LogP contribution in [0.2, 0.25) is 0 Å². The summed E-state index contributed by atoms with van der Waals surface area (Å²) in [7, 11) is 0. The van der Waals surface area contributed by atoms with Gasteiger partial charge in [0.15, 0.2) is 0 Å². The molecule has 0 bridgehead atoms. The molecule has 2 rings (SSSR count). The Bertz CT molecular complexity index is 245. The summed E-state index contributed by atoms with van der Waals surface area (Å²) in [5.74, 6) is -2.36. The highest BCUT2D eigenvalue weighted by atomic mass is 79.9. The maximum atomic E-state index is 10.8. The lowest BCUT2D eigenvalue weighted by Gasteiger charge is -2.02. The number of carbonyl (C=O) groups is 2. The number of halogens is 1. The minimum absolute atomic E-state index is 0.188. The molecule has 1 aliphatic carbocycles. The first kappa shape index (κ1) is 7.09. The number of rotatable bonds is 1. The molecule has 1 heterocycles. The van der Waals surface area contributed by atoms with E-state index in [0.717, 1.165) is 0 Å². The van der Waals surface area contributed by atoms with E-state index in [9.17, 15) is 9.59 Å². The fourth-order valence-electron chi connectivity index (χ4n) is 1.54. The van der Waals surface area contributed by atoms with Crippen LogP contribution in [0.15, 0.2) is 0 Å². The first-order valence-electron chi connectivity index (χ1n) is 3.16. The number of carboxylic acid groups (broad SMARTS) is 1. The van der Waals surface area contributed by atoms with Crippen molar-refractivity contribution in [3.63, 3.8) is 0 Å². The van der Waals surface area contributed by atoms with Crippen LogP contribution in [0.5, 0.6) is 0 Å². The smallest absolute Gasteiger partial charge is 0.311 e. The van der Waals surface area contributed by atoms with Crippen LogP contribution in [0.1, 0.15) is 0 Å². The van der Waals surface area contributed by atoms with E-state index >= 15 is 0 Å². The molecule has 11 heavy (non-hydrogen) atoms. The quantitative estimate of drug-likeness (QED) is 0.500. The molecular weight excluding hydrogens is 216 g/mol. The summed E-state index contributed by atoms with van der Waals surface area (Å²) in [4.78, 5) is 21.3. The van der Waals surface area contributed by atoms with Crippen molar-refractivity contribution in [1.82, 2.24) is 0 Å². The lowest BCUT2D eigenvalue weighted by molar-refractivity contribution is -0.148. The van der Waals surface area contributed by atoms with E-state index in [4.69, 9.17) is 5.11 Å². The van der Waals surface area contributed by atoms with E-state index in [1.807, 2.05) is 0 Å². The normalized spacial score (nSPS) is 46.5. The first-order valence-corrected chi connectivity index (χ1v) is 3.95. The Morgan fingerprint density at radius 2 is 2.45 bits per heavy atom. The molecule has 1 saturated carbocycles. The largest absolute Gasteiger partial charge is 0.481 e. The van der Waals surface area contributed by atoms with Crippen LogP contribution >= 0.6 is 15.9 Å². The number of aliphatic carboxylic acids is 1. The SMILES string of the molecule is O=C(O)[C@@H]1[C@@H]2C(=O)OC[C@@]12Br. The van der Waals surface area contributed by atoms with Gasteiger partial charge < -0.3 is 9.84 Å². The van der Waals surface area contributed by atoms with Gasteiger partial charge in [-0.1, -0.05) is 15.9 Å². The van der Waals surface area contributed by atoms with Crippen molar-refractivity contribution in [2.24, 2.45) is 11.8 Å². The molecule has 0 aromatic rings. The minimum atomic E-state index is -0.927. The van der Waals surface area contributed by atoms with Crippen molar-refractivity contribution >= 4 is 27.9 Å². The zero-order valence-electron chi connectivity index (χ0n) is 5.41. The van der Waals surface area contributed by atoms with E-state index in [0.29, 0.717) is 0 Å². The third-order valence-corrected chi connectivity index (χ3v) is 3.43. The Labute approximate surface area is 70.7 Å². The molecule has 0 radical (unpaired) electrons. The van der Waals surface area contributed by atoms with Gasteiger partial charge in [0.2, 0.25) is 0 Å². The van der Waals surface area contributed by atoms with Gasteiger partial charge in [0.1, 0.15) is 6.61 Å². The minimum Gasteiger partial charge on any atom is -0.481 e. The number of hydrogen-bond donors (Lipinski definition) is 1. The van der Waals surface area contributed by atoms with Crippen molar-refractivity contribution in [2.45, 2.75) is 4.32 Å². The molecule has 2 fully saturated rings. The fourth-order valence-corrected chi connectivity index (χ4v) is 2.43. The molecular formula is C6H5BrO4. The van der Waals surface area contributed by atoms with Gasteiger partial charge in [-0.2, -0.15) is 0 Å². The lowest BCUT2D eigenvalue weighted by atomic mass is 10.3. The number of alkyl halides is 1. The van der Waals surface area contributed by atoms with Crippen molar-refractivity contribution < 1.29 is 19.4 Å². The third-order valence-electron chi connectivity index (χ3n) is 2.21. The molecule has 0 spiro atoms. The molecule has 0 aromatic heterocycles. The standard InChI is InChI=1S/C6H5BrO4/c7-6-1-11-5(10)3(6)2(6)4(8)9/h2-3H,1H2,(H,8,9)/t2-,3+,6+/m0/s1. The van der Waals surface area contributed by atoms with Gasteiger partial charge in [-0.25, -0.2) is 0 Å². The van der Waals surface area contributed by atoms with Gasteiger partial charge in [-0.15, -0.1) is 0 Å². The molecule has 0 aromatic carbocycles. The molecule has 5 heteroatoms. The van der Waals surface area contributed by atoms with Gasteiger partial charge in [0.05, 0.1) is 16.2 Å². The zero-order valence-corrected chi connectivity index (χ0v) is 7.00. The Kier molecular flexibility index (Phi) is 1.14. The lowest BCUT2D eigenvalue weighted by Crippen LogP contribution is -2.16. The molecule has 1 saturated heterocycles. The van der Waals surface area contributed by atoms with Crippen LogP contribution in [0.4, 0.5) is 0 Å². The molecule has 3 atom stereocenters. The van der Waals surface area contributed by atoms with Crippen molar-refractivity contribution in [1.29, 1.82) is 0 Å². The van der Waals surface area contributed by atoms with Crippen LogP contribution in [0.25, 0.3) is 0 Å². The molecule has 2 aliphatic rings. The average Bonchev–Trinajstić information content (AvgIpc) is 2.43. The molecule has 4 nitrogen and oxygen atoms in total. The highest BCUT2D eigenvalue weighted by Crippen LogP contribution is 2.61.